The van der Waals surface area contributed by atoms with Crippen LogP contribution in [0.1, 0.15) is 18.1 Å². The van der Waals surface area contributed by atoms with E-state index >= 15 is 0 Å². The van der Waals surface area contributed by atoms with Gasteiger partial charge in [-0.2, -0.15) is 5.10 Å². The lowest BCUT2D eigenvalue weighted by Crippen LogP contribution is -2.36. The Bertz CT molecular complexity index is 984. The summed E-state index contributed by atoms with van der Waals surface area (Å²) < 4.78 is 6.78. The minimum Gasteiger partial charge on any atom is -0.497 e. The zero-order chi connectivity index (χ0) is 21.9. The number of anilines is 1. The Balaban J connectivity index is 1.56. The molecule has 2 aromatic carbocycles. The van der Waals surface area contributed by atoms with Crippen LogP contribution in [0.15, 0.2) is 72.0 Å². The van der Waals surface area contributed by atoms with E-state index in [9.17, 15) is 4.79 Å². The molecular formula is C23H28N6O2. The molecule has 31 heavy (non-hydrogen) atoms. The summed E-state index contributed by atoms with van der Waals surface area (Å²) >= 11 is 0. The second kappa shape index (κ2) is 11.4. The molecule has 8 nitrogen and oxygen atoms in total. The molecule has 0 fully saturated rings. The molecule has 0 bridgehead atoms. The predicted molar refractivity (Wildman–Crippen MR) is 122 cm³/mol. The van der Waals surface area contributed by atoms with Crippen molar-refractivity contribution in [1.29, 1.82) is 0 Å². The maximum Gasteiger partial charge on any atom is 0.246 e. The molecule has 3 aromatic rings. The second-order valence-electron chi connectivity index (χ2n) is 6.85. The van der Waals surface area contributed by atoms with Crippen molar-refractivity contribution < 1.29 is 9.53 Å². The van der Waals surface area contributed by atoms with Gasteiger partial charge < -0.3 is 20.7 Å². The van der Waals surface area contributed by atoms with E-state index in [0.717, 1.165) is 35.1 Å². The first-order chi connectivity index (χ1) is 15.2. The standard InChI is InChI=1S/C23H28N6O2/c1-3-24-23(25-15-18-8-10-21(31-2)11-9-18)26-16-19-6-4-7-20(14-19)28-22(30)17-29-13-5-12-27-29/h4-14H,3,15-17H2,1-2H3,(H,28,30)(H2,24,25,26). The van der Waals surface area contributed by atoms with Crippen molar-refractivity contribution in [3.05, 3.63) is 78.1 Å². The first-order valence-corrected chi connectivity index (χ1v) is 10.2. The number of aromatic nitrogens is 2. The number of amides is 1. The fraction of sp³-hybridized carbons (Fsp3) is 0.261. The molecular weight excluding hydrogens is 392 g/mol. The first kappa shape index (κ1) is 21.9. The third-order valence-electron chi connectivity index (χ3n) is 4.46. The molecule has 0 spiro atoms. The molecule has 3 N–H and O–H groups in total. The molecule has 0 radical (unpaired) electrons. The lowest BCUT2D eigenvalue weighted by atomic mass is 10.2. The topological polar surface area (TPSA) is 92.6 Å². The van der Waals surface area contributed by atoms with Crippen LogP contribution in [0, 0.1) is 0 Å². The van der Waals surface area contributed by atoms with Crippen molar-refractivity contribution in [2.45, 2.75) is 26.6 Å². The normalized spacial score (nSPS) is 11.1. The number of carbonyl (C=O) groups is 1. The molecule has 3 rings (SSSR count). The van der Waals surface area contributed by atoms with Gasteiger partial charge in [-0.25, -0.2) is 4.99 Å². The summed E-state index contributed by atoms with van der Waals surface area (Å²) in [6.07, 6.45) is 3.41. The Hall–Kier alpha value is -3.81. The lowest BCUT2D eigenvalue weighted by Gasteiger charge is -2.12. The molecule has 162 valence electrons. The Labute approximate surface area is 182 Å². The van der Waals surface area contributed by atoms with Crippen molar-refractivity contribution in [1.82, 2.24) is 20.4 Å². The van der Waals surface area contributed by atoms with Gasteiger partial charge in [-0.3, -0.25) is 9.48 Å². The van der Waals surface area contributed by atoms with Crippen LogP contribution in [0.4, 0.5) is 5.69 Å². The number of methoxy groups -OCH3 is 1. The third kappa shape index (κ3) is 7.18. The Morgan fingerprint density at radius 1 is 1.10 bits per heavy atom. The number of nitrogens with zero attached hydrogens (tertiary/aromatic N) is 3. The van der Waals surface area contributed by atoms with Gasteiger partial charge in [-0.15, -0.1) is 0 Å². The summed E-state index contributed by atoms with van der Waals surface area (Å²) in [7, 11) is 1.66. The number of hydrogen-bond acceptors (Lipinski definition) is 4. The molecule has 1 aromatic heterocycles. The molecule has 1 heterocycles. The van der Waals surface area contributed by atoms with Crippen LogP contribution in [0.5, 0.6) is 5.75 Å². The van der Waals surface area contributed by atoms with E-state index in [2.05, 4.69) is 26.0 Å². The molecule has 0 aliphatic heterocycles. The largest absolute Gasteiger partial charge is 0.497 e. The van der Waals surface area contributed by atoms with Crippen molar-refractivity contribution in [3.63, 3.8) is 0 Å². The van der Waals surface area contributed by atoms with Crippen LogP contribution < -0.4 is 20.7 Å². The summed E-state index contributed by atoms with van der Waals surface area (Å²) in [5.74, 6) is 1.44. The average Bonchev–Trinajstić information content (AvgIpc) is 3.29. The summed E-state index contributed by atoms with van der Waals surface area (Å²) in [6, 6.07) is 17.4. The molecule has 1 amide bonds. The van der Waals surface area contributed by atoms with Crippen molar-refractivity contribution in [3.8, 4) is 5.75 Å². The highest BCUT2D eigenvalue weighted by molar-refractivity contribution is 5.90. The van der Waals surface area contributed by atoms with Crippen LogP contribution >= 0.6 is 0 Å². The number of carbonyl (C=O) groups excluding carboxylic acids is 1. The molecule has 0 saturated carbocycles. The number of guanidine groups is 1. The van der Waals surface area contributed by atoms with E-state index in [1.807, 2.05) is 55.5 Å². The van der Waals surface area contributed by atoms with Gasteiger partial charge in [0.05, 0.1) is 13.7 Å². The number of nitrogens with one attached hydrogen (secondary N) is 3. The van der Waals surface area contributed by atoms with Gasteiger partial charge in [-0.05, 0) is 48.4 Å². The average molecular weight is 421 g/mol. The number of ether oxygens (including phenoxy) is 1. The van der Waals surface area contributed by atoms with Crippen molar-refractivity contribution in [2.75, 3.05) is 19.0 Å². The van der Waals surface area contributed by atoms with E-state index in [1.54, 1.807) is 30.3 Å². The van der Waals surface area contributed by atoms with E-state index in [1.165, 1.54) is 0 Å². The highest BCUT2D eigenvalue weighted by atomic mass is 16.5. The van der Waals surface area contributed by atoms with E-state index in [0.29, 0.717) is 13.1 Å². The minimum absolute atomic E-state index is 0.126. The zero-order valence-corrected chi connectivity index (χ0v) is 17.8. The van der Waals surface area contributed by atoms with Gasteiger partial charge in [0.2, 0.25) is 5.91 Å². The fourth-order valence-corrected chi connectivity index (χ4v) is 2.93. The van der Waals surface area contributed by atoms with E-state index in [4.69, 9.17) is 4.74 Å². The number of aliphatic imine (C=N–C) groups is 1. The van der Waals surface area contributed by atoms with E-state index in [-0.39, 0.29) is 12.5 Å². The van der Waals surface area contributed by atoms with Crippen LogP contribution in [0.3, 0.4) is 0 Å². The Morgan fingerprint density at radius 3 is 2.65 bits per heavy atom. The summed E-state index contributed by atoms with van der Waals surface area (Å²) in [5, 5.41) is 13.5. The summed E-state index contributed by atoms with van der Waals surface area (Å²) in [4.78, 5) is 16.8. The molecule has 8 heteroatoms. The maximum absolute atomic E-state index is 12.2. The van der Waals surface area contributed by atoms with Crippen molar-refractivity contribution in [2.24, 2.45) is 4.99 Å². The minimum atomic E-state index is -0.126. The monoisotopic (exact) mass is 420 g/mol. The number of benzene rings is 2. The van der Waals surface area contributed by atoms with E-state index < -0.39 is 0 Å². The van der Waals surface area contributed by atoms with Crippen LogP contribution in [-0.2, 0) is 24.4 Å². The molecule has 0 aliphatic carbocycles. The fourth-order valence-electron chi connectivity index (χ4n) is 2.93. The number of rotatable bonds is 9. The zero-order valence-electron chi connectivity index (χ0n) is 17.8. The van der Waals surface area contributed by atoms with Crippen molar-refractivity contribution >= 4 is 17.6 Å². The predicted octanol–water partition coefficient (Wildman–Crippen LogP) is 2.79. The summed E-state index contributed by atoms with van der Waals surface area (Å²) in [6.45, 7) is 4.10. The second-order valence-corrected chi connectivity index (χ2v) is 6.85. The highest BCUT2D eigenvalue weighted by Crippen LogP contribution is 2.12. The van der Waals surface area contributed by atoms with Gasteiger partial charge in [0, 0.05) is 31.2 Å². The van der Waals surface area contributed by atoms with Crippen LogP contribution in [0.25, 0.3) is 0 Å². The molecule has 0 saturated heterocycles. The number of hydrogen-bond donors (Lipinski definition) is 3. The van der Waals surface area contributed by atoms with Crippen LogP contribution in [0.2, 0.25) is 0 Å². The SMILES string of the molecule is CCNC(=NCc1cccc(NC(=O)Cn2cccn2)c1)NCc1ccc(OC)cc1. The third-order valence-corrected chi connectivity index (χ3v) is 4.46. The molecule has 0 aliphatic rings. The summed E-state index contributed by atoms with van der Waals surface area (Å²) in [5.41, 5.74) is 2.87. The molecule has 0 unspecified atom stereocenters. The maximum atomic E-state index is 12.2. The quantitative estimate of drug-likeness (QED) is 0.366. The Morgan fingerprint density at radius 2 is 1.94 bits per heavy atom. The smallest absolute Gasteiger partial charge is 0.246 e. The van der Waals surface area contributed by atoms with Gasteiger partial charge in [0.1, 0.15) is 12.3 Å². The van der Waals surface area contributed by atoms with Gasteiger partial charge in [0.25, 0.3) is 0 Å². The van der Waals surface area contributed by atoms with Crippen LogP contribution in [-0.4, -0.2) is 35.3 Å². The first-order valence-electron chi connectivity index (χ1n) is 10.2. The lowest BCUT2D eigenvalue weighted by molar-refractivity contribution is -0.116. The highest BCUT2D eigenvalue weighted by Gasteiger charge is 2.05. The van der Waals surface area contributed by atoms with Gasteiger partial charge in [-0.1, -0.05) is 24.3 Å². The Kier molecular flexibility index (Phi) is 8.05. The molecule has 0 atom stereocenters. The van der Waals surface area contributed by atoms with Gasteiger partial charge >= 0.3 is 0 Å². The van der Waals surface area contributed by atoms with Gasteiger partial charge in [0.15, 0.2) is 5.96 Å².